The Morgan fingerprint density at radius 2 is 1.73 bits per heavy atom. The van der Waals surface area contributed by atoms with Crippen LogP contribution in [0, 0.1) is 24.2 Å². The van der Waals surface area contributed by atoms with Gasteiger partial charge in [0.25, 0.3) is 0 Å². The number of benzene rings is 2. The number of hydrogen-bond donors (Lipinski definition) is 0. The van der Waals surface area contributed by atoms with E-state index in [2.05, 4.69) is 85.2 Å². The highest BCUT2D eigenvalue weighted by atomic mass is 16.2. The molecule has 0 N–H and O–H groups in total. The van der Waals surface area contributed by atoms with Gasteiger partial charge in [0.2, 0.25) is 5.91 Å². The van der Waals surface area contributed by atoms with Crippen molar-refractivity contribution in [1.82, 2.24) is 9.80 Å². The summed E-state index contributed by atoms with van der Waals surface area (Å²) in [4.78, 5) is 18.7. The summed E-state index contributed by atoms with van der Waals surface area (Å²) in [5.74, 6) is 1.82. The minimum absolute atomic E-state index is 0.166. The van der Waals surface area contributed by atoms with E-state index in [1.54, 1.807) is 0 Å². The van der Waals surface area contributed by atoms with Crippen molar-refractivity contribution in [1.29, 1.82) is 0 Å². The third kappa shape index (κ3) is 4.62. The summed E-state index contributed by atoms with van der Waals surface area (Å²) >= 11 is 0. The maximum Gasteiger partial charge on any atom is 0.228 e. The molecule has 1 aliphatic heterocycles. The molecule has 2 aromatic rings. The predicted molar refractivity (Wildman–Crippen MR) is 135 cm³/mol. The van der Waals surface area contributed by atoms with E-state index in [-0.39, 0.29) is 10.8 Å². The van der Waals surface area contributed by atoms with E-state index in [4.69, 9.17) is 0 Å². The Labute approximate surface area is 200 Å². The maximum absolute atomic E-state index is 14.0. The number of carbonyl (C=O) groups is 1. The van der Waals surface area contributed by atoms with E-state index in [0.717, 1.165) is 51.5 Å². The number of rotatable bonds is 4. The molecule has 5 rings (SSSR count). The van der Waals surface area contributed by atoms with Crippen LogP contribution in [0.1, 0.15) is 62.6 Å². The zero-order valence-electron chi connectivity index (χ0n) is 20.7. The maximum atomic E-state index is 14.0. The predicted octanol–water partition coefficient (Wildman–Crippen LogP) is 5.81. The monoisotopic (exact) mass is 444 g/mol. The highest BCUT2D eigenvalue weighted by molar-refractivity contribution is 5.83. The molecule has 2 aliphatic carbocycles. The molecule has 2 bridgehead atoms. The molecule has 176 valence electrons. The van der Waals surface area contributed by atoms with Gasteiger partial charge in [0.1, 0.15) is 0 Å². The van der Waals surface area contributed by atoms with Crippen LogP contribution in [0.4, 0.5) is 0 Å². The first kappa shape index (κ1) is 22.7. The molecular formula is C30H40N2O. The van der Waals surface area contributed by atoms with E-state index in [0.29, 0.717) is 11.8 Å². The molecule has 0 radical (unpaired) electrons. The number of hydrogen-bond acceptors (Lipinski definition) is 2. The molecule has 3 aliphatic rings. The van der Waals surface area contributed by atoms with E-state index in [1.165, 1.54) is 36.0 Å². The summed E-state index contributed by atoms with van der Waals surface area (Å²) in [5, 5.41) is 0. The Balaban J connectivity index is 1.28. The lowest BCUT2D eigenvalue weighted by atomic mass is 9.50. The van der Waals surface area contributed by atoms with Crippen molar-refractivity contribution in [3.63, 3.8) is 0 Å². The first-order valence-corrected chi connectivity index (χ1v) is 13.0. The van der Waals surface area contributed by atoms with Crippen LogP contribution in [0.3, 0.4) is 0 Å². The summed E-state index contributed by atoms with van der Waals surface area (Å²) in [7, 11) is 0. The standard InChI is InChI=1S/C30H40N2O/c1-23-8-7-9-25(16-23)21-31-12-14-32(15-13-31)28(33)29(3)19-26-17-24(2)18-30(20-26,22-29)27-10-5-4-6-11-27/h4-11,16,24,26H,12-15,17-22H2,1-3H3. The summed E-state index contributed by atoms with van der Waals surface area (Å²) in [6.45, 7) is 11.5. The third-order valence-electron chi connectivity index (χ3n) is 8.67. The van der Waals surface area contributed by atoms with Gasteiger partial charge >= 0.3 is 0 Å². The molecule has 0 spiro atoms. The minimum atomic E-state index is -0.238. The van der Waals surface area contributed by atoms with Gasteiger partial charge in [-0.25, -0.2) is 0 Å². The van der Waals surface area contributed by atoms with Gasteiger partial charge < -0.3 is 4.90 Å². The Morgan fingerprint density at radius 1 is 0.970 bits per heavy atom. The van der Waals surface area contributed by atoms with Crippen LogP contribution in [0.25, 0.3) is 0 Å². The SMILES string of the molecule is Cc1cccc(CN2CCN(C(=O)C3(C)CC4CC(C)CC(c5ccccc5)(C4)C3)CC2)c1. The lowest BCUT2D eigenvalue weighted by Gasteiger charge is -2.55. The number of fused-ring (bicyclic) bond motifs is 2. The molecule has 1 heterocycles. The van der Waals surface area contributed by atoms with Gasteiger partial charge in [-0.3, -0.25) is 9.69 Å². The van der Waals surface area contributed by atoms with Crippen LogP contribution >= 0.6 is 0 Å². The Bertz CT molecular complexity index is 976. The molecule has 2 aromatic carbocycles. The molecule has 0 aromatic heterocycles. The minimum Gasteiger partial charge on any atom is -0.340 e. The number of nitrogens with zero attached hydrogens (tertiary/aromatic N) is 2. The molecule has 1 saturated heterocycles. The largest absolute Gasteiger partial charge is 0.340 e. The van der Waals surface area contributed by atoms with Gasteiger partial charge in [0, 0.05) is 38.1 Å². The van der Waals surface area contributed by atoms with Crippen molar-refractivity contribution in [2.75, 3.05) is 26.2 Å². The zero-order chi connectivity index (χ0) is 23.1. The molecule has 3 nitrogen and oxygen atoms in total. The van der Waals surface area contributed by atoms with Gasteiger partial charge in [0.05, 0.1) is 0 Å². The molecule has 3 heteroatoms. The Kier molecular flexibility index (Phi) is 6.11. The first-order chi connectivity index (χ1) is 15.9. The van der Waals surface area contributed by atoms with Crippen molar-refractivity contribution in [2.24, 2.45) is 17.3 Å². The normalized spacial score (nSPS) is 32.5. The van der Waals surface area contributed by atoms with Crippen molar-refractivity contribution in [3.05, 3.63) is 71.3 Å². The van der Waals surface area contributed by atoms with Crippen LogP contribution in [-0.4, -0.2) is 41.9 Å². The number of amides is 1. The summed E-state index contributed by atoms with van der Waals surface area (Å²) in [5.41, 5.74) is 4.08. The molecule has 2 saturated carbocycles. The van der Waals surface area contributed by atoms with Crippen molar-refractivity contribution >= 4 is 5.91 Å². The van der Waals surface area contributed by atoms with Crippen LogP contribution in [0.5, 0.6) is 0 Å². The van der Waals surface area contributed by atoms with Gasteiger partial charge in [0.15, 0.2) is 0 Å². The van der Waals surface area contributed by atoms with E-state index in [9.17, 15) is 4.79 Å². The van der Waals surface area contributed by atoms with E-state index < -0.39 is 0 Å². The fourth-order valence-corrected chi connectivity index (χ4v) is 7.65. The Morgan fingerprint density at radius 3 is 2.45 bits per heavy atom. The number of piperazine rings is 1. The van der Waals surface area contributed by atoms with Crippen molar-refractivity contribution < 1.29 is 4.79 Å². The molecule has 4 unspecified atom stereocenters. The molecule has 4 atom stereocenters. The fraction of sp³-hybridized carbons (Fsp3) is 0.567. The second-order valence-corrected chi connectivity index (χ2v) is 11.8. The van der Waals surface area contributed by atoms with Crippen LogP contribution in [-0.2, 0) is 16.8 Å². The molecule has 33 heavy (non-hydrogen) atoms. The first-order valence-electron chi connectivity index (χ1n) is 13.0. The quantitative estimate of drug-likeness (QED) is 0.594. The summed E-state index contributed by atoms with van der Waals surface area (Å²) in [6.07, 6.45) is 5.83. The molecule has 3 fully saturated rings. The second kappa shape index (κ2) is 8.91. The van der Waals surface area contributed by atoms with Gasteiger partial charge in [-0.1, -0.05) is 74.0 Å². The average Bonchev–Trinajstić information content (AvgIpc) is 2.79. The van der Waals surface area contributed by atoms with Gasteiger partial charge in [-0.05, 0) is 67.4 Å². The van der Waals surface area contributed by atoms with Gasteiger partial charge in [-0.2, -0.15) is 0 Å². The van der Waals surface area contributed by atoms with Crippen LogP contribution in [0.2, 0.25) is 0 Å². The second-order valence-electron chi connectivity index (χ2n) is 11.8. The lowest BCUT2D eigenvalue weighted by molar-refractivity contribution is -0.149. The van der Waals surface area contributed by atoms with Gasteiger partial charge in [-0.15, -0.1) is 0 Å². The highest BCUT2D eigenvalue weighted by Crippen LogP contribution is 2.58. The van der Waals surface area contributed by atoms with E-state index >= 15 is 0 Å². The molecule has 1 amide bonds. The van der Waals surface area contributed by atoms with Crippen LogP contribution in [0.15, 0.2) is 54.6 Å². The molecular weight excluding hydrogens is 404 g/mol. The number of carbonyl (C=O) groups excluding carboxylic acids is 1. The fourth-order valence-electron chi connectivity index (χ4n) is 7.65. The smallest absolute Gasteiger partial charge is 0.228 e. The van der Waals surface area contributed by atoms with Crippen molar-refractivity contribution in [3.8, 4) is 0 Å². The summed E-state index contributed by atoms with van der Waals surface area (Å²) < 4.78 is 0. The van der Waals surface area contributed by atoms with Crippen LogP contribution < -0.4 is 0 Å². The van der Waals surface area contributed by atoms with Crippen molar-refractivity contribution in [2.45, 2.75) is 64.8 Å². The lowest BCUT2D eigenvalue weighted by Crippen LogP contribution is -2.56. The third-order valence-corrected chi connectivity index (χ3v) is 8.67. The highest BCUT2D eigenvalue weighted by Gasteiger charge is 2.54. The summed E-state index contributed by atoms with van der Waals surface area (Å²) in [6, 6.07) is 19.9. The number of aryl methyl sites for hydroxylation is 1. The topological polar surface area (TPSA) is 23.6 Å². The Hall–Kier alpha value is -2.13. The average molecular weight is 445 g/mol. The zero-order valence-corrected chi connectivity index (χ0v) is 20.7. The van der Waals surface area contributed by atoms with E-state index in [1.807, 2.05) is 0 Å².